The van der Waals surface area contributed by atoms with E-state index < -0.39 is 17.9 Å². The molecule has 148 valence electrons. The molecule has 1 atom stereocenters. The van der Waals surface area contributed by atoms with Crippen molar-refractivity contribution in [3.63, 3.8) is 0 Å². The lowest BCUT2D eigenvalue weighted by Crippen LogP contribution is -2.45. The lowest BCUT2D eigenvalue weighted by atomic mass is 9.94. The van der Waals surface area contributed by atoms with Crippen LogP contribution in [-0.4, -0.2) is 46.8 Å². The van der Waals surface area contributed by atoms with Crippen LogP contribution in [0.4, 0.5) is 0 Å². The number of amidine groups is 1. The van der Waals surface area contributed by atoms with E-state index in [0.29, 0.717) is 34.4 Å². The fourth-order valence-electron chi connectivity index (χ4n) is 3.08. The van der Waals surface area contributed by atoms with Gasteiger partial charge in [0.2, 0.25) is 5.91 Å². The molecule has 1 aromatic rings. The second-order valence-corrected chi connectivity index (χ2v) is 7.26. The molecule has 0 aromatic heterocycles. The molecule has 3 rings (SSSR count). The summed E-state index contributed by atoms with van der Waals surface area (Å²) in [7, 11) is 0. The maximum atomic E-state index is 12.7. The lowest BCUT2D eigenvalue weighted by molar-refractivity contribution is -0.139. The molecule has 2 aliphatic rings. The number of nitrogens with two attached hydrogens (primary N) is 1. The first-order chi connectivity index (χ1) is 13.4. The van der Waals surface area contributed by atoms with Crippen LogP contribution in [0.2, 0.25) is 0 Å². The quantitative estimate of drug-likeness (QED) is 0.725. The highest BCUT2D eigenvalue weighted by atomic mass is 32.2. The Morgan fingerprint density at radius 2 is 2.04 bits per heavy atom. The number of hydrogen-bond donors (Lipinski definition) is 1. The van der Waals surface area contributed by atoms with Gasteiger partial charge in [0.25, 0.3) is 5.91 Å². The number of carbonyl (C=O) groups is 3. The van der Waals surface area contributed by atoms with Crippen molar-refractivity contribution < 1.29 is 23.9 Å². The largest absolute Gasteiger partial charge is 0.484 e. The molecule has 0 radical (unpaired) electrons. The highest BCUT2D eigenvalue weighted by Gasteiger charge is 2.41. The van der Waals surface area contributed by atoms with E-state index in [-0.39, 0.29) is 19.1 Å². The number of benzene rings is 1. The number of amides is 2. The fraction of sp³-hybridized carbons (Fsp3) is 0.368. The van der Waals surface area contributed by atoms with Crippen LogP contribution in [0.3, 0.4) is 0 Å². The number of thioether (sulfide) groups is 1. The molecule has 1 unspecified atom stereocenters. The van der Waals surface area contributed by atoms with Gasteiger partial charge in [0.05, 0.1) is 23.9 Å². The zero-order valence-corrected chi connectivity index (χ0v) is 16.5. The van der Waals surface area contributed by atoms with Crippen molar-refractivity contribution in [2.45, 2.75) is 26.3 Å². The Bertz CT molecular complexity index is 863. The summed E-state index contributed by atoms with van der Waals surface area (Å²) in [5.74, 6) is -0.0413. The Balaban J connectivity index is 2.00. The molecule has 1 saturated heterocycles. The summed E-state index contributed by atoms with van der Waals surface area (Å²) >= 11 is 1.49. The summed E-state index contributed by atoms with van der Waals surface area (Å²) < 4.78 is 10.5. The van der Waals surface area contributed by atoms with Crippen molar-refractivity contribution in [1.29, 1.82) is 0 Å². The fourth-order valence-corrected chi connectivity index (χ4v) is 4.09. The highest BCUT2D eigenvalue weighted by molar-refractivity contribution is 8.14. The second-order valence-electron chi connectivity index (χ2n) is 6.20. The Hall–Kier alpha value is -2.81. The van der Waals surface area contributed by atoms with E-state index in [1.54, 1.807) is 43.0 Å². The monoisotopic (exact) mass is 403 g/mol. The molecule has 1 aromatic carbocycles. The number of nitrogens with zero attached hydrogens (tertiary/aromatic N) is 2. The maximum absolute atomic E-state index is 12.7. The van der Waals surface area contributed by atoms with Gasteiger partial charge < -0.3 is 15.2 Å². The Labute approximate surface area is 166 Å². The van der Waals surface area contributed by atoms with Gasteiger partial charge in [0, 0.05) is 12.2 Å². The number of carbonyl (C=O) groups excluding carboxylic acids is 3. The smallest absolute Gasteiger partial charge is 0.338 e. The number of allylic oxidation sites excluding steroid dienone is 1. The van der Waals surface area contributed by atoms with Gasteiger partial charge in [-0.05, 0) is 31.5 Å². The van der Waals surface area contributed by atoms with E-state index in [1.807, 2.05) is 0 Å². The topological polar surface area (TPSA) is 111 Å². The Morgan fingerprint density at radius 1 is 1.32 bits per heavy atom. The summed E-state index contributed by atoms with van der Waals surface area (Å²) in [5, 5.41) is 0.584. The van der Waals surface area contributed by atoms with Gasteiger partial charge in [0.1, 0.15) is 5.75 Å². The number of ether oxygens (including phenoxy) is 2. The molecule has 2 heterocycles. The molecule has 9 heteroatoms. The Morgan fingerprint density at radius 3 is 2.68 bits per heavy atom. The minimum absolute atomic E-state index is 0.0918. The molecule has 0 spiro atoms. The van der Waals surface area contributed by atoms with Crippen LogP contribution < -0.4 is 10.5 Å². The van der Waals surface area contributed by atoms with E-state index in [4.69, 9.17) is 15.2 Å². The van der Waals surface area contributed by atoms with Gasteiger partial charge >= 0.3 is 5.97 Å². The van der Waals surface area contributed by atoms with E-state index in [9.17, 15) is 14.4 Å². The van der Waals surface area contributed by atoms with Crippen LogP contribution in [0.5, 0.6) is 5.75 Å². The number of primary amides is 1. The van der Waals surface area contributed by atoms with Crippen molar-refractivity contribution in [2.75, 3.05) is 19.0 Å². The van der Waals surface area contributed by atoms with E-state index in [2.05, 4.69) is 4.99 Å². The zero-order chi connectivity index (χ0) is 20.3. The average molecular weight is 403 g/mol. The Kier molecular flexibility index (Phi) is 6.03. The third-order valence-electron chi connectivity index (χ3n) is 4.28. The molecule has 2 N–H and O–H groups in total. The first-order valence-corrected chi connectivity index (χ1v) is 9.83. The zero-order valence-electron chi connectivity index (χ0n) is 15.6. The van der Waals surface area contributed by atoms with Crippen molar-refractivity contribution in [3.8, 4) is 5.75 Å². The van der Waals surface area contributed by atoms with Crippen molar-refractivity contribution in [3.05, 3.63) is 41.1 Å². The number of aliphatic imine (C=N–C) groups is 1. The predicted molar refractivity (Wildman–Crippen MR) is 105 cm³/mol. The van der Waals surface area contributed by atoms with Crippen molar-refractivity contribution in [1.82, 2.24) is 4.90 Å². The van der Waals surface area contributed by atoms with Crippen molar-refractivity contribution >= 4 is 34.7 Å². The SMILES string of the molecule is CCOC(=O)C1=C(C)N=C2SCCC(=O)N2C1c1ccc(OCC(N)=O)cc1. The molecule has 0 bridgehead atoms. The van der Waals surface area contributed by atoms with E-state index in [0.717, 1.165) is 5.56 Å². The van der Waals surface area contributed by atoms with E-state index in [1.165, 1.54) is 11.8 Å². The normalized spacial score (nSPS) is 19.1. The van der Waals surface area contributed by atoms with Gasteiger partial charge in [-0.25, -0.2) is 9.79 Å². The van der Waals surface area contributed by atoms with Crippen LogP contribution in [0.1, 0.15) is 31.9 Å². The average Bonchev–Trinajstić information content (AvgIpc) is 2.66. The molecule has 2 amide bonds. The minimum Gasteiger partial charge on any atom is -0.484 e. The summed E-state index contributed by atoms with van der Waals surface area (Å²) in [6, 6.07) is 6.22. The number of fused-ring (bicyclic) bond motifs is 1. The number of esters is 1. The van der Waals surface area contributed by atoms with Gasteiger partial charge in [-0.3, -0.25) is 14.5 Å². The lowest BCUT2D eigenvalue weighted by Gasteiger charge is -2.38. The molecular weight excluding hydrogens is 382 g/mol. The first-order valence-electron chi connectivity index (χ1n) is 8.85. The minimum atomic E-state index is -0.628. The van der Waals surface area contributed by atoms with Crippen molar-refractivity contribution in [2.24, 2.45) is 10.7 Å². The predicted octanol–water partition coefficient (Wildman–Crippen LogP) is 1.76. The molecule has 8 nitrogen and oxygen atoms in total. The van der Waals surface area contributed by atoms with Crippen LogP contribution in [0, 0.1) is 0 Å². The van der Waals surface area contributed by atoms with Gasteiger partial charge in [-0.1, -0.05) is 23.9 Å². The van der Waals surface area contributed by atoms with Crippen LogP contribution in [0.15, 0.2) is 40.5 Å². The molecule has 2 aliphatic heterocycles. The summed E-state index contributed by atoms with van der Waals surface area (Å²) in [4.78, 5) is 42.2. The third-order valence-corrected chi connectivity index (χ3v) is 5.23. The second kappa shape index (κ2) is 8.47. The van der Waals surface area contributed by atoms with Gasteiger partial charge in [0.15, 0.2) is 11.8 Å². The molecule has 0 saturated carbocycles. The summed E-state index contributed by atoms with van der Waals surface area (Å²) in [6.45, 7) is 3.47. The third kappa shape index (κ3) is 4.04. The first kappa shape index (κ1) is 19.9. The summed E-state index contributed by atoms with van der Waals surface area (Å²) in [5.41, 5.74) is 6.68. The molecule has 1 fully saturated rings. The molecule has 0 aliphatic carbocycles. The molecular formula is C19H21N3O5S. The number of hydrogen-bond acceptors (Lipinski definition) is 7. The highest BCUT2D eigenvalue weighted by Crippen LogP contribution is 2.40. The summed E-state index contributed by atoms with van der Waals surface area (Å²) in [6.07, 6.45) is 0.370. The molecule has 28 heavy (non-hydrogen) atoms. The standard InChI is InChI=1S/C19H21N3O5S/c1-3-26-18(25)16-11(2)21-19-22(15(24)8-9-28-19)17(16)12-4-6-13(7-5-12)27-10-14(20)23/h4-7,17H,3,8-10H2,1-2H3,(H2,20,23). The van der Waals surface area contributed by atoms with E-state index >= 15 is 0 Å². The van der Waals surface area contributed by atoms with Crippen LogP contribution in [0.25, 0.3) is 0 Å². The van der Waals surface area contributed by atoms with Crippen LogP contribution >= 0.6 is 11.8 Å². The number of rotatable bonds is 6. The van der Waals surface area contributed by atoms with Gasteiger partial charge in [-0.2, -0.15) is 0 Å². The van der Waals surface area contributed by atoms with Gasteiger partial charge in [-0.15, -0.1) is 0 Å². The van der Waals surface area contributed by atoms with Crippen LogP contribution in [-0.2, 0) is 19.1 Å². The maximum Gasteiger partial charge on any atom is 0.338 e.